The van der Waals surface area contributed by atoms with Gasteiger partial charge >= 0.3 is 0 Å². The van der Waals surface area contributed by atoms with Crippen molar-refractivity contribution in [1.29, 1.82) is 0 Å². The zero-order valence-electron chi connectivity index (χ0n) is 14.7. The first kappa shape index (κ1) is 16.1. The molecular weight excluding hydrogens is 387 g/mol. The zero-order valence-corrected chi connectivity index (χ0v) is 16.2. The van der Waals surface area contributed by atoms with Gasteiger partial charge in [-0.05, 0) is 41.5 Å². The third kappa shape index (κ3) is 2.22. The van der Waals surface area contributed by atoms with Crippen molar-refractivity contribution < 1.29 is 0 Å². The van der Waals surface area contributed by atoms with E-state index in [2.05, 4.69) is 52.4 Å². The molecule has 0 radical (unpaired) electrons. The summed E-state index contributed by atoms with van der Waals surface area (Å²) < 4.78 is 0. The second kappa shape index (κ2) is 5.78. The van der Waals surface area contributed by atoms with Crippen LogP contribution in [0, 0.1) is 0 Å². The smallest absolute Gasteiger partial charge is 0.0572 e. The van der Waals surface area contributed by atoms with Crippen LogP contribution in [0.2, 0.25) is 10.0 Å². The summed E-state index contributed by atoms with van der Waals surface area (Å²) in [5.74, 6) is 0. The summed E-state index contributed by atoms with van der Waals surface area (Å²) in [5, 5.41) is 6.16. The van der Waals surface area contributed by atoms with Crippen LogP contribution in [-0.2, 0) is 0 Å². The summed E-state index contributed by atoms with van der Waals surface area (Å²) in [6.07, 6.45) is 0. The number of hydrogen-bond donors (Lipinski definition) is 2. The number of aromatic amines is 2. The van der Waals surface area contributed by atoms with Crippen molar-refractivity contribution >= 4 is 66.8 Å². The Morgan fingerprint density at radius 3 is 1.93 bits per heavy atom. The second-order valence-electron chi connectivity index (χ2n) is 7.09. The molecule has 0 bridgehead atoms. The number of rotatable bonds is 1. The molecule has 0 fully saturated rings. The van der Waals surface area contributed by atoms with Gasteiger partial charge in [-0.1, -0.05) is 65.7 Å². The molecule has 0 aliphatic carbocycles. The maximum absolute atomic E-state index is 6.27. The predicted molar refractivity (Wildman–Crippen MR) is 121 cm³/mol. The lowest BCUT2D eigenvalue weighted by Gasteiger charge is -2.06. The molecule has 2 heterocycles. The molecule has 28 heavy (non-hydrogen) atoms. The minimum Gasteiger partial charge on any atom is -0.354 e. The summed E-state index contributed by atoms with van der Waals surface area (Å²) >= 11 is 12.5. The molecule has 134 valence electrons. The van der Waals surface area contributed by atoms with Gasteiger partial charge in [0, 0.05) is 48.1 Å². The summed E-state index contributed by atoms with van der Waals surface area (Å²) in [6.45, 7) is 0. The minimum atomic E-state index is 0.724. The first-order valence-electron chi connectivity index (χ1n) is 9.09. The third-order valence-electron chi connectivity index (χ3n) is 5.44. The molecule has 0 amide bonds. The van der Waals surface area contributed by atoms with Crippen LogP contribution in [-0.4, -0.2) is 9.97 Å². The lowest BCUT2D eigenvalue weighted by atomic mass is 9.97. The Kier molecular flexibility index (Phi) is 3.31. The number of benzene rings is 4. The molecule has 6 rings (SSSR count). The molecule has 0 saturated carbocycles. The maximum Gasteiger partial charge on any atom is 0.0572 e. The van der Waals surface area contributed by atoms with Crippen LogP contribution < -0.4 is 0 Å². The monoisotopic (exact) mass is 400 g/mol. The van der Waals surface area contributed by atoms with Crippen molar-refractivity contribution in [2.45, 2.75) is 0 Å². The fraction of sp³-hybridized carbons (Fsp3) is 0. The standard InChI is InChI=1S/C24H14Cl2N2/c25-14-7-9-17-19(10-14)27-21-12-18(13-4-2-1-3-5-13)22-16-8-6-15(26)11-20(16)28-24(22)23(17)21/h1-12,27-28H. The topological polar surface area (TPSA) is 31.6 Å². The molecule has 0 spiro atoms. The van der Waals surface area contributed by atoms with E-state index in [0.29, 0.717) is 0 Å². The Bertz CT molecular complexity index is 1520. The number of fused-ring (bicyclic) bond motifs is 7. The van der Waals surface area contributed by atoms with Crippen LogP contribution in [0.4, 0.5) is 0 Å². The Morgan fingerprint density at radius 2 is 1.21 bits per heavy atom. The highest BCUT2D eigenvalue weighted by atomic mass is 35.5. The molecule has 4 heteroatoms. The average molecular weight is 401 g/mol. The van der Waals surface area contributed by atoms with Crippen LogP contribution in [0.1, 0.15) is 0 Å². The van der Waals surface area contributed by atoms with Crippen molar-refractivity contribution in [1.82, 2.24) is 9.97 Å². The molecule has 0 saturated heterocycles. The maximum atomic E-state index is 6.27. The molecule has 0 aliphatic rings. The SMILES string of the molecule is Clc1ccc2c(c1)[nH]c1c2c(-c2ccccc2)cc2[nH]c3cc(Cl)ccc3c21. The number of nitrogens with one attached hydrogen (secondary N) is 2. The molecule has 6 aromatic rings. The van der Waals surface area contributed by atoms with Gasteiger partial charge in [0.15, 0.2) is 0 Å². The number of aromatic nitrogens is 2. The Labute approximate surface area is 170 Å². The summed E-state index contributed by atoms with van der Waals surface area (Å²) in [4.78, 5) is 7.17. The van der Waals surface area contributed by atoms with Crippen LogP contribution >= 0.6 is 23.2 Å². The summed E-state index contributed by atoms with van der Waals surface area (Å²) in [5.41, 5.74) is 6.64. The largest absolute Gasteiger partial charge is 0.354 e. The zero-order chi connectivity index (χ0) is 18.8. The Hall–Kier alpha value is -2.94. The summed E-state index contributed by atoms with van der Waals surface area (Å²) in [7, 11) is 0. The molecule has 2 aromatic heterocycles. The van der Waals surface area contributed by atoms with E-state index in [9.17, 15) is 0 Å². The number of halogens is 2. The van der Waals surface area contributed by atoms with Gasteiger partial charge in [0.05, 0.1) is 5.52 Å². The molecule has 4 aromatic carbocycles. The van der Waals surface area contributed by atoms with E-state index < -0.39 is 0 Å². The molecule has 0 unspecified atom stereocenters. The van der Waals surface area contributed by atoms with Gasteiger partial charge < -0.3 is 9.97 Å². The van der Waals surface area contributed by atoms with Crippen LogP contribution in [0.15, 0.2) is 72.8 Å². The van der Waals surface area contributed by atoms with E-state index >= 15 is 0 Å². The minimum absolute atomic E-state index is 0.724. The first-order valence-corrected chi connectivity index (χ1v) is 9.85. The van der Waals surface area contributed by atoms with Crippen LogP contribution in [0.25, 0.3) is 54.7 Å². The van der Waals surface area contributed by atoms with Crippen molar-refractivity contribution in [3.05, 3.63) is 82.8 Å². The molecular formula is C24H14Cl2N2. The van der Waals surface area contributed by atoms with E-state index in [0.717, 1.165) is 37.5 Å². The van der Waals surface area contributed by atoms with Crippen molar-refractivity contribution in [3.8, 4) is 11.1 Å². The average Bonchev–Trinajstić information content (AvgIpc) is 3.24. The van der Waals surface area contributed by atoms with Crippen molar-refractivity contribution in [2.24, 2.45) is 0 Å². The quantitative estimate of drug-likeness (QED) is 0.280. The van der Waals surface area contributed by atoms with E-state index in [-0.39, 0.29) is 0 Å². The molecule has 2 N–H and O–H groups in total. The predicted octanol–water partition coefficient (Wildman–Crippen LogP) is 7.93. The third-order valence-corrected chi connectivity index (χ3v) is 5.91. The van der Waals surface area contributed by atoms with Gasteiger partial charge in [-0.2, -0.15) is 0 Å². The van der Waals surface area contributed by atoms with Gasteiger partial charge in [0.1, 0.15) is 0 Å². The van der Waals surface area contributed by atoms with E-state index in [4.69, 9.17) is 23.2 Å². The van der Waals surface area contributed by atoms with Gasteiger partial charge in [0.25, 0.3) is 0 Å². The summed E-state index contributed by atoms with van der Waals surface area (Å²) in [6, 6.07) is 24.7. The van der Waals surface area contributed by atoms with Crippen molar-refractivity contribution in [2.75, 3.05) is 0 Å². The van der Waals surface area contributed by atoms with E-state index in [1.54, 1.807) is 0 Å². The van der Waals surface area contributed by atoms with Crippen LogP contribution in [0.3, 0.4) is 0 Å². The highest BCUT2D eigenvalue weighted by Crippen LogP contribution is 2.42. The van der Waals surface area contributed by atoms with Crippen molar-refractivity contribution in [3.63, 3.8) is 0 Å². The first-order chi connectivity index (χ1) is 13.7. The van der Waals surface area contributed by atoms with Crippen LogP contribution in [0.5, 0.6) is 0 Å². The van der Waals surface area contributed by atoms with Gasteiger partial charge in [-0.3, -0.25) is 0 Å². The lowest BCUT2D eigenvalue weighted by molar-refractivity contribution is 1.54. The van der Waals surface area contributed by atoms with E-state index in [1.165, 1.54) is 27.3 Å². The highest BCUT2D eigenvalue weighted by Gasteiger charge is 2.17. The fourth-order valence-corrected chi connectivity index (χ4v) is 4.61. The lowest BCUT2D eigenvalue weighted by Crippen LogP contribution is -1.81. The fourth-order valence-electron chi connectivity index (χ4n) is 4.27. The Morgan fingerprint density at radius 1 is 0.571 bits per heavy atom. The number of H-pyrrole nitrogens is 2. The second-order valence-corrected chi connectivity index (χ2v) is 7.97. The van der Waals surface area contributed by atoms with Gasteiger partial charge in [0.2, 0.25) is 0 Å². The highest BCUT2D eigenvalue weighted by molar-refractivity contribution is 6.34. The Balaban J connectivity index is 1.89. The molecule has 0 aliphatic heterocycles. The van der Waals surface area contributed by atoms with E-state index in [1.807, 2.05) is 30.3 Å². The van der Waals surface area contributed by atoms with Gasteiger partial charge in [-0.15, -0.1) is 0 Å². The van der Waals surface area contributed by atoms with Gasteiger partial charge in [-0.25, -0.2) is 0 Å². The number of hydrogen-bond acceptors (Lipinski definition) is 0. The molecule has 2 nitrogen and oxygen atoms in total. The normalized spacial score (nSPS) is 11.9. The molecule has 0 atom stereocenters.